The number of nitrogens with zero attached hydrogens (tertiary/aromatic N) is 2. The summed E-state index contributed by atoms with van der Waals surface area (Å²) in [4.78, 5) is 21.4. The summed E-state index contributed by atoms with van der Waals surface area (Å²) in [5.74, 6) is 0.352. The lowest BCUT2D eigenvalue weighted by Gasteiger charge is -2.02. The van der Waals surface area contributed by atoms with Crippen molar-refractivity contribution >= 4 is 50.0 Å². The van der Waals surface area contributed by atoms with Crippen molar-refractivity contribution < 1.29 is 9.21 Å². The molecule has 3 aromatic heterocycles. The van der Waals surface area contributed by atoms with Crippen LogP contribution in [0.4, 0.5) is 5.69 Å². The molecular weight excluding hydrogens is 390 g/mol. The van der Waals surface area contributed by atoms with Crippen molar-refractivity contribution in [3.63, 3.8) is 0 Å². The number of carbonyl (C=O) groups is 1. The topological polar surface area (TPSA) is 68.0 Å². The van der Waals surface area contributed by atoms with E-state index >= 15 is 0 Å². The van der Waals surface area contributed by atoms with E-state index in [1.807, 2.05) is 17.5 Å². The first kappa shape index (κ1) is 15.0. The zero-order valence-corrected chi connectivity index (χ0v) is 14.6. The maximum Gasteiger partial charge on any atom is 0.265 e. The van der Waals surface area contributed by atoms with E-state index in [1.54, 1.807) is 36.7 Å². The molecule has 1 amide bonds. The fourth-order valence-corrected chi connectivity index (χ4v) is 3.24. The van der Waals surface area contributed by atoms with Crippen LogP contribution in [0.5, 0.6) is 0 Å². The molecule has 0 saturated heterocycles. The molecule has 0 bridgehead atoms. The molecule has 0 radical (unpaired) electrons. The molecule has 3 heterocycles. The molecule has 0 aliphatic carbocycles. The highest BCUT2D eigenvalue weighted by molar-refractivity contribution is 9.10. The van der Waals surface area contributed by atoms with Gasteiger partial charge in [-0.1, -0.05) is 6.07 Å². The standard InChI is InChI=1S/C17H10BrN3O2S/c18-11-6-10(8-19-9-11)17-21-13-7-12(3-4-14(13)23-17)20-16(22)15-2-1-5-24-15/h1-9H,(H,20,22). The summed E-state index contributed by atoms with van der Waals surface area (Å²) >= 11 is 4.78. The average Bonchev–Trinajstić information content (AvgIpc) is 3.24. The number of thiophene rings is 1. The van der Waals surface area contributed by atoms with Crippen LogP contribution in [0.1, 0.15) is 9.67 Å². The van der Waals surface area contributed by atoms with Gasteiger partial charge in [-0.05, 0) is 51.6 Å². The van der Waals surface area contributed by atoms with Crippen LogP contribution in [0.25, 0.3) is 22.6 Å². The van der Waals surface area contributed by atoms with Gasteiger partial charge in [0.25, 0.3) is 5.91 Å². The minimum atomic E-state index is -0.135. The highest BCUT2D eigenvalue weighted by Crippen LogP contribution is 2.27. The molecule has 4 aromatic rings. The minimum absolute atomic E-state index is 0.135. The van der Waals surface area contributed by atoms with Crippen molar-refractivity contribution in [1.29, 1.82) is 0 Å². The molecule has 0 unspecified atom stereocenters. The lowest BCUT2D eigenvalue weighted by atomic mass is 10.2. The van der Waals surface area contributed by atoms with Crippen molar-refractivity contribution in [2.75, 3.05) is 5.32 Å². The summed E-state index contributed by atoms with van der Waals surface area (Å²) in [6, 6.07) is 10.9. The Balaban J connectivity index is 1.65. The fraction of sp³-hybridized carbons (Fsp3) is 0. The van der Waals surface area contributed by atoms with Gasteiger partial charge in [0.05, 0.1) is 10.4 Å². The summed E-state index contributed by atoms with van der Waals surface area (Å²) in [6.07, 6.45) is 3.39. The maximum atomic E-state index is 12.1. The second kappa shape index (κ2) is 6.18. The molecule has 5 nitrogen and oxygen atoms in total. The summed E-state index contributed by atoms with van der Waals surface area (Å²) in [6.45, 7) is 0. The number of nitrogens with one attached hydrogen (secondary N) is 1. The Labute approximate surface area is 149 Å². The van der Waals surface area contributed by atoms with E-state index in [0.717, 1.165) is 10.0 Å². The summed E-state index contributed by atoms with van der Waals surface area (Å²) in [7, 11) is 0. The quantitative estimate of drug-likeness (QED) is 0.528. The van der Waals surface area contributed by atoms with Gasteiger partial charge in [-0.2, -0.15) is 0 Å². The zero-order chi connectivity index (χ0) is 16.5. The third-order valence-electron chi connectivity index (χ3n) is 3.34. The number of amides is 1. The summed E-state index contributed by atoms with van der Waals surface area (Å²) in [5.41, 5.74) is 2.78. The molecule has 0 aliphatic heterocycles. The highest BCUT2D eigenvalue weighted by atomic mass is 79.9. The van der Waals surface area contributed by atoms with Crippen LogP contribution in [0.3, 0.4) is 0 Å². The predicted octanol–water partition coefficient (Wildman–Crippen LogP) is 4.97. The summed E-state index contributed by atoms with van der Waals surface area (Å²) < 4.78 is 6.61. The predicted molar refractivity (Wildman–Crippen MR) is 97.2 cm³/mol. The third kappa shape index (κ3) is 2.95. The monoisotopic (exact) mass is 399 g/mol. The molecule has 0 aliphatic rings. The van der Waals surface area contributed by atoms with Gasteiger partial charge in [-0.25, -0.2) is 4.98 Å². The van der Waals surface area contributed by atoms with Gasteiger partial charge in [0, 0.05) is 22.6 Å². The Hall–Kier alpha value is -2.51. The van der Waals surface area contributed by atoms with E-state index < -0.39 is 0 Å². The van der Waals surface area contributed by atoms with Crippen molar-refractivity contribution in [3.05, 3.63) is 63.5 Å². The number of aromatic nitrogens is 2. The number of pyridine rings is 1. The molecule has 7 heteroatoms. The van der Waals surface area contributed by atoms with Crippen molar-refractivity contribution in [3.8, 4) is 11.5 Å². The summed E-state index contributed by atoms with van der Waals surface area (Å²) in [5, 5.41) is 4.73. The number of halogens is 1. The smallest absolute Gasteiger partial charge is 0.265 e. The van der Waals surface area contributed by atoms with E-state index in [4.69, 9.17) is 4.42 Å². The highest BCUT2D eigenvalue weighted by Gasteiger charge is 2.11. The van der Waals surface area contributed by atoms with Crippen LogP contribution < -0.4 is 5.32 Å². The first-order valence-electron chi connectivity index (χ1n) is 7.05. The number of carbonyl (C=O) groups excluding carboxylic acids is 1. The molecule has 1 aromatic carbocycles. The second-order valence-electron chi connectivity index (χ2n) is 5.02. The number of hydrogen-bond donors (Lipinski definition) is 1. The van der Waals surface area contributed by atoms with E-state index in [1.165, 1.54) is 11.3 Å². The fourth-order valence-electron chi connectivity index (χ4n) is 2.26. The van der Waals surface area contributed by atoms with Gasteiger partial charge in [-0.3, -0.25) is 9.78 Å². The van der Waals surface area contributed by atoms with Gasteiger partial charge in [0.15, 0.2) is 5.58 Å². The number of rotatable bonds is 3. The van der Waals surface area contributed by atoms with Crippen molar-refractivity contribution in [1.82, 2.24) is 9.97 Å². The Morgan fingerprint density at radius 2 is 2.12 bits per heavy atom. The Bertz CT molecular complexity index is 1030. The molecule has 0 fully saturated rings. The van der Waals surface area contributed by atoms with Crippen LogP contribution in [0.2, 0.25) is 0 Å². The number of benzene rings is 1. The number of hydrogen-bond acceptors (Lipinski definition) is 5. The van der Waals surface area contributed by atoms with Crippen molar-refractivity contribution in [2.24, 2.45) is 0 Å². The number of fused-ring (bicyclic) bond motifs is 1. The van der Waals surface area contributed by atoms with Crippen LogP contribution in [-0.2, 0) is 0 Å². The Morgan fingerprint density at radius 3 is 2.92 bits per heavy atom. The first-order chi connectivity index (χ1) is 11.7. The average molecular weight is 400 g/mol. The van der Waals surface area contributed by atoms with Crippen LogP contribution >= 0.6 is 27.3 Å². The van der Waals surface area contributed by atoms with Crippen LogP contribution in [0.15, 0.2) is 63.1 Å². The first-order valence-corrected chi connectivity index (χ1v) is 8.73. The van der Waals surface area contributed by atoms with Crippen LogP contribution in [-0.4, -0.2) is 15.9 Å². The largest absolute Gasteiger partial charge is 0.436 e. The molecular formula is C17H10BrN3O2S. The SMILES string of the molecule is O=C(Nc1ccc2oc(-c3cncc(Br)c3)nc2c1)c1cccs1. The van der Waals surface area contributed by atoms with Gasteiger partial charge < -0.3 is 9.73 Å². The molecule has 118 valence electrons. The molecule has 0 spiro atoms. The molecule has 0 atom stereocenters. The number of oxazole rings is 1. The van der Waals surface area contributed by atoms with Crippen molar-refractivity contribution in [2.45, 2.75) is 0 Å². The van der Waals surface area contributed by atoms with E-state index in [2.05, 4.69) is 31.2 Å². The molecule has 4 rings (SSSR count). The second-order valence-corrected chi connectivity index (χ2v) is 6.89. The maximum absolute atomic E-state index is 12.1. The van der Waals surface area contributed by atoms with Gasteiger partial charge in [0.1, 0.15) is 5.52 Å². The normalized spacial score (nSPS) is 10.9. The third-order valence-corrected chi connectivity index (χ3v) is 4.64. The molecule has 1 N–H and O–H groups in total. The lowest BCUT2D eigenvalue weighted by molar-refractivity contribution is 0.103. The Morgan fingerprint density at radius 1 is 1.21 bits per heavy atom. The van der Waals surface area contributed by atoms with E-state index in [-0.39, 0.29) is 5.91 Å². The zero-order valence-electron chi connectivity index (χ0n) is 12.2. The molecule has 0 saturated carbocycles. The van der Waals surface area contributed by atoms with Gasteiger partial charge in [0.2, 0.25) is 5.89 Å². The van der Waals surface area contributed by atoms with E-state index in [9.17, 15) is 4.79 Å². The van der Waals surface area contributed by atoms with Gasteiger partial charge >= 0.3 is 0 Å². The number of anilines is 1. The van der Waals surface area contributed by atoms with Crippen LogP contribution in [0, 0.1) is 0 Å². The van der Waals surface area contributed by atoms with E-state index in [0.29, 0.717) is 27.6 Å². The lowest BCUT2D eigenvalue weighted by Crippen LogP contribution is -2.09. The Kier molecular flexibility index (Phi) is 3.87. The van der Waals surface area contributed by atoms with Gasteiger partial charge in [-0.15, -0.1) is 11.3 Å². The molecule has 24 heavy (non-hydrogen) atoms. The minimum Gasteiger partial charge on any atom is -0.436 e.